The van der Waals surface area contributed by atoms with Gasteiger partial charge in [-0.15, -0.1) is 0 Å². The third kappa shape index (κ3) is 5.75. The number of carbonyl (C=O) groups is 2. The molecule has 0 radical (unpaired) electrons. The first kappa shape index (κ1) is 25.0. The highest BCUT2D eigenvalue weighted by Gasteiger charge is 2.33. The number of benzene rings is 3. The van der Waals surface area contributed by atoms with Crippen molar-refractivity contribution in [3.63, 3.8) is 0 Å². The van der Waals surface area contributed by atoms with Crippen molar-refractivity contribution in [3.05, 3.63) is 93.3 Å². The number of amides is 1. The van der Waals surface area contributed by atoms with E-state index in [4.69, 9.17) is 33.3 Å². The van der Waals surface area contributed by atoms with Gasteiger partial charge in [0, 0.05) is 16.1 Å². The molecule has 35 heavy (non-hydrogen) atoms. The normalized spacial score (nSPS) is 14.5. The fourth-order valence-corrected chi connectivity index (χ4v) is 4.95. The van der Waals surface area contributed by atoms with Gasteiger partial charge in [0.15, 0.2) is 21.6 Å². The highest BCUT2D eigenvalue weighted by Crippen LogP contribution is 2.37. The summed E-state index contributed by atoms with van der Waals surface area (Å²) in [5, 5.41) is 0.639. The van der Waals surface area contributed by atoms with E-state index in [0.29, 0.717) is 50.2 Å². The van der Waals surface area contributed by atoms with Crippen LogP contribution < -0.4 is 14.4 Å². The van der Waals surface area contributed by atoms with Crippen LogP contribution in [0, 0.1) is 0 Å². The minimum absolute atomic E-state index is 0.0359. The minimum Gasteiger partial charge on any atom is -0.490 e. The van der Waals surface area contributed by atoms with Crippen molar-refractivity contribution in [2.24, 2.45) is 0 Å². The lowest BCUT2D eigenvalue weighted by atomic mass is 10.1. The lowest BCUT2D eigenvalue weighted by molar-refractivity contribution is -0.113. The van der Waals surface area contributed by atoms with Crippen molar-refractivity contribution < 1.29 is 19.1 Å². The summed E-state index contributed by atoms with van der Waals surface area (Å²) in [6.45, 7) is 4.17. The van der Waals surface area contributed by atoms with E-state index in [2.05, 4.69) is 0 Å². The van der Waals surface area contributed by atoms with E-state index in [-0.39, 0.29) is 11.7 Å². The number of halogens is 1. The highest BCUT2D eigenvalue weighted by atomic mass is 35.5. The zero-order valence-corrected chi connectivity index (χ0v) is 21.5. The third-order valence-corrected chi connectivity index (χ3v) is 6.90. The SMILES string of the molecule is CCOc1cc(/C=C2\SC(=S)N(c3ccc(C(C)=O)cc3)C2=O)ccc1OCc1ccccc1Cl. The minimum atomic E-state index is -0.215. The van der Waals surface area contributed by atoms with Gasteiger partial charge in [-0.25, -0.2) is 0 Å². The molecule has 1 amide bonds. The van der Waals surface area contributed by atoms with Gasteiger partial charge in [0.05, 0.1) is 17.2 Å². The summed E-state index contributed by atoms with van der Waals surface area (Å²) in [7, 11) is 0. The molecule has 0 aliphatic carbocycles. The Morgan fingerprint density at radius 3 is 2.49 bits per heavy atom. The average molecular weight is 524 g/mol. The summed E-state index contributed by atoms with van der Waals surface area (Å²) in [5.74, 6) is 0.907. The molecule has 0 N–H and O–H groups in total. The Morgan fingerprint density at radius 1 is 1.06 bits per heavy atom. The number of hydrogen-bond donors (Lipinski definition) is 0. The molecule has 8 heteroatoms. The molecular weight excluding hydrogens is 502 g/mol. The van der Waals surface area contributed by atoms with Crippen LogP contribution in [0.5, 0.6) is 11.5 Å². The second kappa shape index (κ2) is 11.1. The number of ether oxygens (including phenoxy) is 2. The maximum absolute atomic E-state index is 13.1. The molecule has 1 aliphatic rings. The number of ketones is 1. The number of hydrogen-bond acceptors (Lipinski definition) is 6. The number of carbonyl (C=O) groups excluding carboxylic acids is 2. The second-order valence-electron chi connectivity index (χ2n) is 7.64. The molecule has 3 aromatic carbocycles. The summed E-state index contributed by atoms with van der Waals surface area (Å²) < 4.78 is 12.2. The number of thiocarbonyl (C=S) groups is 1. The van der Waals surface area contributed by atoms with Crippen LogP contribution in [0.25, 0.3) is 6.08 Å². The van der Waals surface area contributed by atoms with Gasteiger partial charge >= 0.3 is 0 Å². The maximum atomic E-state index is 13.1. The summed E-state index contributed by atoms with van der Waals surface area (Å²) in [6, 6.07) is 19.8. The number of thioether (sulfide) groups is 1. The Balaban J connectivity index is 1.55. The maximum Gasteiger partial charge on any atom is 0.270 e. The Kier molecular flexibility index (Phi) is 7.90. The number of anilines is 1. The summed E-state index contributed by atoms with van der Waals surface area (Å²) in [4.78, 5) is 26.6. The first-order valence-electron chi connectivity index (χ1n) is 10.9. The van der Waals surface area contributed by atoms with E-state index in [0.717, 1.165) is 11.1 Å². The van der Waals surface area contributed by atoms with Gasteiger partial charge < -0.3 is 9.47 Å². The van der Waals surface area contributed by atoms with Crippen LogP contribution in [-0.2, 0) is 11.4 Å². The number of nitrogens with zero attached hydrogens (tertiary/aromatic N) is 1. The summed E-state index contributed by atoms with van der Waals surface area (Å²) in [5.41, 5.74) is 2.86. The lowest BCUT2D eigenvalue weighted by Crippen LogP contribution is -2.27. The van der Waals surface area contributed by atoms with Gasteiger partial charge in [-0.2, -0.15) is 0 Å². The van der Waals surface area contributed by atoms with Gasteiger partial charge in [0.25, 0.3) is 5.91 Å². The molecular formula is C27H22ClNO4S2. The predicted molar refractivity (Wildman–Crippen MR) is 145 cm³/mol. The van der Waals surface area contributed by atoms with Crippen molar-refractivity contribution in [2.75, 3.05) is 11.5 Å². The van der Waals surface area contributed by atoms with Crippen LogP contribution in [0.4, 0.5) is 5.69 Å². The zero-order valence-electron chi connectivity index (χ0n) is 19.1. The van der Waals surface area contributed by atoms with Crippen LogP contribution in [0.2, 0.25) is 5.02 Å². The summed E-state index contributed by atoms with van der Waals surface area (Å²) >= 11 is 12.9. The van der Waals surface area contributed by atoms with Crippen LogP contribution in [0.15, 0.2) is 71.6 Å². The fourth-order valence-electron chi connectivity index (χ4n) is 3.46. The van der Waals surface area contributed by atoms with E-state index < -0.39 is 0 Å². The molecule has 0 spiro atoms. The zero-order chi connectivity index (χ0) is 24.9. The Morgan fingerprint density at radius 2 is 1.80 bits per heavy atom. The second-order valence-corrected chi connectivity index (χ2v) is 9.72. The van der Waals surface area contributed by atoms with Crippen molar-refractivity contribution in [2.45, 2.75) is 20.5 Å². The molecule has 1 heterocycles. The van der Waals surface area contributed by atoms with E-state index in [1.807, 2.05) is 49.4 Å². The molecule has 1 fully saturated rings. The molecule has 0 atom stereocenters. The van der Waals surface area contributed by atoms with Crippen LogP contribution in [-0.4, -0.2) is 22.6 Å². The van der Waals surface area contributed by atoms with E-state index in [9.17, 15) is 9.59 Å². The van der Waals surface area contributed by atoms with Gasteiger partial charge in [0.2, 0.25) is 0 Å². The fraction of sp³-hybridized carbons (Fsp3) is 0.148. The van der Waals surface area contributed by atoms with Crippen LogP contribution in [0.3, 0.4) is 0 Å². The molecule has 1 saturated heterocycles. The molecule has 4 rings (SSSR count). The molecule has 0 aromatic heterocycles. The average Bonchev–Trinajstić information content (AvgIpc) is 3.12. The molecule has 3 aromatic rings. The van der Waals surface area contributed by atoms with E-state index >= 15 is 0 Å². The molecule has 0 saturated carbocycles. The predicted octanol–water partition coefficient (Wildman–Crippen LogP) is 6.93. The molecule has 1 aliphatic heterocycles. The first-order chi connectivity index (χ1) is 16.9. The monoisotopic (exact) mass is 523 g/mol. The first-order valence-corrected chi connectivity index (χ1v) is 12.5. The van der Waals surface area contributed by atoms with Crippen molar-refractivity contribution in [1.82, 2.24) is 0 Å². The Hall–Kier alpha value is -3.13. The molecule has 0 unspecified atom stereocenters. The Bertz CT molecular complexity index is 1320. The van der Waals surface area contributed by atoms with Crippen molar-refractivity contribution >= 4 is 63.4 Å². The highest BCUT2D eigenvalue weighted by molar-refractivity contribution is 8.27. The lowest BCUT2D eigenvalue weighted by Gasteiger charge is -2.14. The van der Waals surface area contributed by atoms with Crippen LogP contribution >= 0.6 is 35.6 Å². The van der Waals surface area contributed by atoms with E-state index in [1.54, 1.807) is 30.3 Å². The number of Topliss-reactive ketones (excluding diaryl/α,β-unsaturated/α-hetero) is 1. The quantitative estimate of drug-likeness (QED) is 0.181. The third-order valence-electron chi connectivity index (χ3n) is 5.23. The topological polar surface area (TPSA) is 55.8 Å². The molecule has 5 nitrogen and oxygen atoms in total. The van der Waals surface area contributed by atoms with E-state index in [1.165, 1.54) is 23.6 Å². The summed E-state index contributed by atoms with van der Waals surface area (Å²) in [6.07, 6.45) is 1.78. The van der Waals surface area contributed by atoms with Crippen LogP contribution in [0.1, 0.15) is 35.3 Å². The largest absolute Gasteiger partial charge is 0.490 e. The van der Waals surface area contributed by atoms with Crippen molar-refractivity contribution in [1.29, 1.82) is 0 Å². The number of rotatable bonds is 8. The Labute approximate surface area is 218 Å². The van der Waals surface area contributed by atoms with Gasteiger partial charge in [-0.1, -0.05) is 59.8 Å². The smallest absolute Gasteiger partial charge is 0.270 e. The van der Waals surface area contributed by atoms with Gasteiger partial charge in [-0.3, -0.25) is 14.5 Å². The van der Waals surface area contributed by atoms with Gasteiger partial charge in [-0.05, 0) is 68.0 Å². The molecule has 178 valence electrons. The molecule has 0 bridgehead atoms. The standard InChI is InChI=1S/C27H22ClNO4S2/c1-3-32-24-14-18(8-13-23(24)33-16-20-6-4-5-7-22(20)28)15-25-26(31)29(27(34)35-25)21-11-9-19(10-12-21)17(2)30/h4-15H,3,16H2,1-2H3/b25-15-. The van der Waals surface area contributed by atoms with Gasteiger partial charge in [0.1, 0.15) is 6.61 Å². The van der Waals surface area contributed by atoms with Crippen molar-refractivity contribution in [3.8, 4) is 11.5 Å².